The van der Waals surface area contributed by atoms with Gasteiger partial charge in [0.25, 0.3) is 5.91 Å². The van der Waals surface area contributed by atoms with E-state index in [-0.39, 0.29) is 11.1 Å². The van der Waals surface area contributed by atoms with Crippen molar-refractivity contribution >= 4 is 28.9 Å². The molecule has 0 aliphatic carbocycles. The molecular formula is C21H22N2O3S. The highest BCUT2D eigenvalue weighted by Gasteiger charge is 2.22. The van der Waals surface area contributed by atoms with Gasteiger partial charge in [0, 0.05) is 6.42 Å². The van der Waals surface area contributed by atoms with Crippen molar-refractivity contribution in [3.05, 3.63) is 64.1 Å². The van der Waals surface area contributed by atoms with Gasteiger partial charge in [-0.3, -0.25) is 10.2 Å². The molecule has 1 fully saturated rings. The summed E-state index contributed by atoms with van der Waals surface area (Å²) in [5.41, 5.74) is 3.34. The number of ether oxygens (including phenoxy) is 2. The average Bonchev–Trinajstić information content (AvgIpc) is 2.95. The van der Waals surface area contributed by atoms with E-state index in [2.05, 4.69) is 25.2 Å². The van der Waals surface area contributed by atoms with Crippen LogP contribution < -0.4 is 14.8 Å². The normalized spacial score (nSPS) is 15.1. The van der Waals surface area contributed by atoms with Gasteiger partial charge in [-0.15, -0.1) is 0 Å². The van der Waals surface area contributed by atoms with E-state index in [1.807, 2.05) is 36.4 Å². The Hall–Kier alpha value is -2.73. The second-order valence-corrected chi connectivity index (χ2v) is 7.32. The highest BCUT2D eigenvalue weighted by molar-refractivity contribution is 8.18. The first-order valence-electron chi connectivity index (χ1n) is 8.73. The van der Waals surface area contributed by atoms with Crippen LogP contribution in [0.5, 0.6) is 11.5 Å². The maximum absolute atomic E-state index is 11.7. The van der Waals surface area contributed by atoms with Crippen molar-refractivity contribution in [2.24, 2.45) is 0 Å². The Kier molecular flexibility index (Phi) is 6.19. The molecule has 6 heteroatoms. The van der Waals surface area contributed by atoms with Gasteiger partial charge in [0.15, 0.2) is 5.17 Å². The minimum absolute atomic E-state index is 0.155. The lowest BCUT2D eigenvalue weighted by atomic mass is 10.1. The van der Waals surface area contributed by atoms with Crippen molar-refractivity contribution < 1.29 is 14.3 Å². The lowest BCUT2D eigenvalue weighted by Gasteiger charge is -2.10. The van der Waals surface area contributed by atoms with E-state index in [4.69, 9.17) is 14.9 Å². The molecule has 5 nitrogen and oxygen atoms in total. The summed E-state index contributed by atoms with van der Waals surface area (Å²) in [5, 5.41) is 10.1. The summed E-state index contributed by atoms with van der Waals surface area (Å²) in [6.07, 6.45) is 2.53. The van der Waals surface area contributed by atoms with Crippen LogP contribution in [0.15, 0.2) is 47.4 Å². The van der Waals surface area contributed by atoms with E-state index in [1.54, 1.807) is 6.08 Å². The third-order valence-corrected chi connectivity index (χ3v) is 4.95. The smallest absolute Gasteiger partial charge is 0.264 e. The topological polar surface area (TPSA) is 71.4 Å². The molecule has 2 aromatic carbocycles. The van der Waals surface area contributed by atoms with Gasteiger partial charge in [-0.2, -0.15) is 0 Å². The fourth-order valence-corrected chi connectivity index (χ4v) is 3.23. The van der Waals surface area contributed by atoms with Gasteiger partial charge >= 0.3 is 0 Å². The summed E-state index contributed by atoms with van der Waals surface area (Å²) in [6, 6.07) is 13.6. The molecule has 3 rings (SSSR count). The molecule has 0 saturated carbocycles. The maximum Gasteiger partial charge on any atom is 0.264 e. The predicted molar refractivity (Wildman–Crippen MR) is 109 cm³/mol. The number of amidine groups is 1. The third-order valence-electron chi connectivity index (χ3n) is 4.12. The minimum Gasteiger partial charge on any atom is -0.493 e. The van der Waals surface area contributed by atoms with Gasteiger partial charge in [0.2, 0.25) is 0 Å². The van der Waals surface area contributed by atoms with E-state index in [9.17, 15) is 4.79 Å². The summed E-state index contributed by atoms with van der Waals surface area (Å²) in [4.78, 5) is 12.2. The van der Waals surface area contributed by atoms with Crippen molar-refractivity contribution in [1.82, 2.24) is 5.32 Å². The third kappa shape index (κ3) is 5.37. The molecule has 1 heterocycles. The molecule has 0 atom stereocenters. The second kappa shape index (κ2) is 8.77. The summed E-state index contributed by atoms with van der Waals surface area (Å²) in [7, 11) is 0. The van der Waals surface area contributed by atoms with Crippen LogP contribution in [0.25, 0.3) is 6.08 Å². The molecule has 1 saturated heterocycles. The first-order chi connectivity index (χ1) is 13.0. The Morgan fingerprint density at radius 2 is 1.78 bits per heavy atom. The molecule has 2 N–H and O–H groups in total. The lowest BCUT2D eigenvalue weighted by Crippen LogP contribution is -2.18. The zero-order chi connectivity index (χ0) is 19.2. The molecular weight excluding hydrogens is 360 g/mol. The molecule has 1 aliphatic heterocycles. The number of hydrogen-bond acceptors (Lipinski definition) is 5. The molecule has 1 aliphatic rings. The standard InChI is InChI=1S/C21H22N2O3S/c1-14-7-8-18(11-15(14)2)26-10-4-9-25-17-6-3-5-16(12-17)13-19-20(24)23-21(22)27-19/h3,5-8,11-13H,4,9-10H2,1-2H3,(H2,22,23,24). The van der Waals surface area contributed by atoms with E-state index in [0.29, 0.717) is 18.1 Å². The SMILES string of the molecule is Cc1ccc(OCCCOc2cccc(C=C3SC(=N)NC3=O)c2)cc1C. The molecule has 0 aromatic heterocycles. The Morgan fingerprint density at radius 1 is 1.04 bits per heavy atom. The molecule has 0 spiro atoms. The Balaban J connectivity index is 1.47. The first kappa shape index (κ1) is 19.0. The summed E-state index contributed by atoms with van der Waals surface area (Å²) in [6.45, 7) is 5.29. The van der Waals surface area contributed by atoms with Crippen molar-refractivity contribution in [3.8, 4) is 11.5 Å². The number of amides is 1. The summed E-state index contributed by atoms with van der Waals surface area (Å²) < 4.78 is 11.5. The van der Waals surface area contributed by atoms with Crippen LogP contribution in [0, 0.1) is 19.3 Å². The van der Waals surface area contributed by atoms with Crippen molar-refractivity contribution in [2.45, 2.75) is 20.3 Å². The number of rotatable bonds is 7. The van der Waals surface area contributed by atoms with E-state index in [1.165, 1.54) is 11.1 Å². The van der Waals surface area contributed by atoms with Gasteiger partial charge in [0.1, 0.15) is 11.5 Å². The van der Waals surface area contributed by atoms with Crippen molar-refractivity contribution in [3.63, 3.8) is 0 Å². The van der Waals surface area contributed by atoms with Gasteiger partial charge in [-0.25, -0.2) is 0 Å². The second-order valence-electron chi connectivity index (χ2n) is 6.26. The fourth-order valence-electron chi connectivity index (χ4n) is 2.53. The average molecular weight is 382 g/mol. The number of carbonyl (C=O) groups excluding carboxylic acids is 1. The van der Waals surface area contributed by atoms with Crippen LogP contribution in [-0.2, 0) is 4.79 Å². The van der Waals surface area contributed by atoms with E-state index < -0.39 is 0 Å². The summed E-state index contributed by atoms with van der Waals surface area (Å²) in [5.74, 6) is 1.39. The maximum atomic E-state index is 11.7. The number of benzene rings is 2. The van der Waals surface area contributed by atoms with Gasteiger partial charge in [-0.1, -0.05) is 18.2 Å². The summed E-state index contributed by atoms with van der Waals surface area (Å²) >= 11 is 1.12. The molecule has 0 unspecified atom stereocenters. The zero-order valence-corrected chi connectivity index (χ0v) is 16.2. The highest BCUT2D eigenvalue weighted by Crippen LogP contribution is 2.26. The Bertz CT molecular complexity index is 893. The van der Waals surface area contributed by atoms with Crippen LogP contribution >= 0.6 is 11.8 Å². The molecule has 1 amide bonds. The molecule has 0 bridgehead atoms. The fraction of sp³-hybridized carbons (Fsp3) is 0.238. The highest BCUT2D eigenvalue weighted by atomic mass is 32.2. The van der Waals surface area contributed by atoms with Crippen molar-refractivity contribution in [1.29, 1.82) is 5.41 Å². The Labute approximate surface area is 163 Å². The van der Waals surface area contributed by atoms with Crippen LogP contribution in [0.3, 0.4) is 0 Å². The van der Waals surface area contributed by atoms with Crippen LogP contribution in [0.2, 0.25) is 0 Å². The lowest BCUT2D eigenvalue weighted by molar-refractivity contribution is -0.115. The van der Waals surface area contributed by atoms with Crippen molar-refractivity contribution in [2.75, 3.05) is 13.2 Å². The largest absolute Gasteiger partial charge is 0.493 e. The monoisotopic (exact) mass is 382 g/mol. The van der Waals surface area contributed by atoms with Gasteiger partial charge < -0.3 is 14.8 Å². The number of aryl methyl sites for hydroxylation is 2. The van der Waals surface area contributed by atoms with Crippen LogP contribution in [0.4, 0.5) is 0 Å². The molecule has 27 heavy (non-hydrogen) atoms. The number of nitrogens with one attached hydrogen (secondary N) is 2. The molecule has 140 valence electrons. The van der Waals surface area contributed by atoms with E-state index >= 15 is 0 Å². The number of thioether (sulfide) groups is 1. The Morgan fingerprint density at radius 3 is 2.44 bits per heavy atom. The van der Waals surface area contributed by atoms with E-state index in [0.717, 1.165) is 35.2 Å². The van der Waals surface area contributed by atoms with Gasteiger partial charge in [0.05, 0.1) is 18.1 Å². The minimum atomic E-state index is -0.236. The predicted octanol–water partition coefficient (Wildman–Crippen LogP) is 4.29. The van der Waals surface area contributed by atoms with Crippen LogP contribution in [0.1, 0.15) is 23.1 Å². The molecule has 2 aromatic rings. The quantitative estimate of drug-likeness (QED) is 0.553. The van der Waals surface area contributed by atoms with Crippen LogP contribution in [-0.4, -0.2) is 24.3 Å². The van der Waals surface area contributed by atoms with Gasteiger partial charge in [-0.05, 0) is 72.6 Å². The number of hydrogen-bond donors (Lipinski definition) is 2. The number of carbonyl (C=O) groups is 1. The first-order valence-corrected chi connectivity index (χ1v) is 9.55. The molecule has 0 radical (unpaired) electrons. The zero-order valence-electron chi connectivity index (χ0n) is 15.4.